The number of benzene rings is 1. The lowest BCUT2D eigenvalue weighted by Crippen LogP contribution is -2.04. The summed E-state index contributed by atoms with van der Waals surface area (Å²) in [6, 6.07) is 1.67. The van der Waals surface area contributed by atoms with Gasteiger partial charge in [-0.25, -0.2) is 0 Å². The summed E-state index contributed by atoms with van der Waals surface area (Å²) in [4.78, 5) is 0. The van der Waals surface area contributed by atoms with Crippen molar-refractivity contribution in [2.24, 2.45) is 0 Å². The summed E-state index contributed by atoms with van der Waals surface area (Å²) in [5.74, 6) is 1.24. The van der Waals surface area contributed by atoms with Crippen LogP contribution >= 0.6 is 11.6 Å². The molecule has 0 radical (unpaired) electrons. The molecule has 0 saturated carbocycles. The second-order valence-corrected chi connectivity index (χ2v) is 3.92. The van der Waals surface area contributed by atoms with Gasteiger partial charge in [-0.05, 0) is 13.3 Å². The van der Waals surface area contributed by atoms with Gasteiger partial charge in [0.25, 0.3) is 0 Å². The molecular formula is C12H17ClO3. The Morgan fingerprint density at radius 1 is 1.38 bits per heavy atom. The third-order valence-corrected chi connectivity index (χ3v) is 2.85. The Morgan fingerprint density at radius 3 is 2.38 bits per heavy atom. The van der Waals surface area contributed by atoms with Gasteiger partial charge in [-0.15, -0.1) is 0 Å². The first kappa shape index (κ1) is 13.1. The molecule has 0 fully saturated rings. The van der Waals surface area contributed by atoms with E-state index in [-0.39, 0.29) is 0 Å². The minimum absolute atomic E-state index is 0.504. The number of halogens is 1. The molecule has 4 heteroatoms. The second kappa shape index (κ2) is 5.41. The molecule has 0 bridgehead atoms. The van der Waals surface area contributed by atoms with E-state index in [9.17, 15) is 5.11 Å². The minimum atomic E-state index is -0.623. The van der Waals surface area contributed by atoms with Crippen molar-refractivity contribution in [2.45, 2.75) is 26.4 Å². The Kier molecular flexibility index (Phi) is 4.44. The van der Waals surface area contributed by atoms with Crippen LogP contribution in [0.5, 0.6) is 11.5 Å². The lowest BCUT2D eigenvalue weighted by Gasteiger charge is -2.19. The van der Waals surface area contributed by atoms with E-state index in [1.807, 2.05) is 6.92 Å². The number of rotatable bonds is 4. The molecule has 90 valence electrons. The highest BCUT2D eigenvalue weighted by Crippen LogP contribution is 2.40. The Labute approximate surface area is 101 Å². The first-order valence-electron chi connectivity index (χ1n) is 5.18. The molecule has 1 aromatic rings. The van der Waals surface area contributed by atoms with Crippen molar-refractivity contribution in [3.63, 3.8) is 0 Å². The fourth-order valence-corrected chi connectivity index (χ4v) is 2.22. The second-order valence-electron chi connectivity index (χ2n) is 3.52. The van der Waals surface area contributed by atoms with Gasteiger partial charge in [0, 0.05) is 17.2 Å². The van der Waals surface area contributed by atoms with Gasteiger partial charge in [-0.3, -0.25) is 0 Å². The Hall–Kier alpha value is -0.930. The number of aliphatic hydroxyl groups is 1. The zero-order chi connectivity index (χ0) is 12.3. The Morgan fingerprint density at radius 2 is 2.00 bits per heavy atom. The summed E-state index contributed by atoms with van der Waals surface area (Å²) >= 11 is 6.12. The fraction of sp³-hybridized carbons (Fsp3) is 0.500. The molecule has 0 spiro atoms. The highest BCUT2D eigenvalue weighted by Gasteiger charge is 2.20. The largest absolute Gasteiger partial charge is 0.493 e. The van der Waals surface area contributed by atoms with Crippen LogP contribution in [0.2, 0.25) is 5.02 Å². The van der Waals surface area contributed by atoms with Crippen LogP contribution in [0.25, 0.3) is 0 Å². The van der Waals surface area contributed by atoms with Gasteiger partial charge in [0.1, 0.15) is 0 Å². The van der Waals surface area contributed by atoms with Crippen molar-refractivity contribution in [1.82, 2.24) is 0 Å². The van der Waals surface area contributed by atoms with Crippen LogP contribution in [0.1, 0.15) is 31.1 Å². The molecule has 1 atom stereocenters. The Bertz CT molecular complexity index is 375. The summed E-state index contributed by atoms with van der Waals surface area (Å²) in [6.45, 7) is 3.67. The fourth-order valence-electron chi connectivity index (χ4n) is 1.85. The van der Waals surface area contributed by atoms with Crippen LogP contribution in [0.4, 0.5) is 0 Å². The maximum absolute atomic E-state index is 9.72. The monoisotopic (exact) mass is 244 g/mol. The summed E-state index contributed by atoms with van der Waals surface area (Å²) < 4.78 is 10.5. The average molecular weight is 245 g/mol. The van der Waals surface area contributed by atoms with Gasteiger partial charge < -0.3 is 14.6 Å². The van der Waals surface area contributed by atoms with E-state index >= 15 is 0 Å². The van der Waals surface area contributed by atoms with E-state index in [0.29, 0.717) is 22.1 Å². The van der Waals surface area contributed by atoms with Crippen LogP contribution in [-0.2, 0) is 6.42 Å². The van der Waals surface area contributed by atoms with Gasteiger partial charge in [-0.1, -0.05) is 18.5 Å². The summed E-state index contributed by atoms with van der Waals surface area (Å²) in [5, 5.41) is 10.2. The lowest BCUT2D eigenvalue weighted by atomic mass is 9.99. The lowest BCUT2D eigenvalue weighted by molar-refractivity contribution is 0.197. The maximum atomic E-state index is 9.72. The third-order valence-electron chi connectivity index (χ3n) is 2.53. The molecule has 0 aromatic heterocycles. The molecule has 3 nitrogen and oxygen atoms in total. The van der Waals surface area contributed by atoms with Gasteiger partial charge >= 0.3 is 0 Å². The SMILES string of the molecule is CCc1c(OC)c(OC)cc(Cl)c1C(C)O. The summed E-state index contributed by atoms with van der Waals surface area (Å²) in [5.41, 5.74) is 1.60. The first-order valence-corrected chi connectivity index (χ1v) is 5.55. The maximum Gasteiger partial charge on any atom is 0.164 e. The number of hydrogen-bond donors (Lipinski definition) is 1. The molecule has 0 aliphatic rings. The van der Waals surface area contributed by atoms with Crippen molar-refractivity contribution in [1.29, 1.82) is 0 Å². The molecule has 0 aliphatic heterocycles. The van der Waals surface area contributed by atoms with Crippen molar-refractivity contribution in [2.75, 3.05) is 14.2 Å². The van der Waals surface area contributed by atoms with Crippen LogP contribution in [0.15, 0.2) is 6.07 Å². The van der Waals surface area contributed by atoms with E-state index in [1.165, 1.54) is 0 Å². The topological polar surface area (TPSA) is 38.7 Å². The van der Waals surface area contributed by atoms with Crippen molar-refractivity contribution in [3.8, 4) is 11.5 Å². The van der Waals surface area contributed by atoms with Gasteiger partial charge in [0.15, 0.2) is 11.5 Å². The van der Waals surface area contributed by atoms with Crippen LogP contribution in [0.3, 0.4) is 0 Å². The molecule has 0 heterocycles. The number of ether oxygens (including phenoxy) is 2. The molecule has 1 aromatic carbocycles. The molecule has 1 N–H and O–H groups in total. The van der Waals surface area contributed by atoms with E-state index in [1.54, 1.807) is 27.2 Å². The number of methoxy groups -OCH3 is 2. The zero-order valence-electron chi connectivity index (χ0n) is 10.0. The highest BCUT2D eigenvalue weighted by atomic mass is 35.5. The van der Waals surface area contributed by atoms with Crippen molar-refractivity contribution < 1.29 is 14.6 Å². The molecular weight excluding hydrogens is 228 g/mol. The predicted octanol–water partition coefficient (Wildman–Crippen LogP) is 2.97. The van der Waals surface area contributed by atoms with Crippen LogP contribution in [0, 0.1) is 0 Å². The van der Waals surface area contributed by atoms with Gasteiger partial charge in [0.2, 0.25) is 0 Å². The average Bonchev–Trinajstić information content (AvgIpc) is 2.26. The van der Waals surface area contributed by atoms with E-state index in [0.717, 1.165) is 12.0 Å². The highest BCUT2D eigenvalue weighted by molar-refractivity contribution is 6.31. The molecule has 0 saturated heterocycles. The van der Waals surface area contributed by atoms with Crippen molar-refractivity contribution in [3.05, 3.63) is 22.2 Å². The first-order chi connectivity index (χ1) is 7.56. The van der Waals surface area contributed by atoms with Gasteiger partial charge in [0.05, 0.1) is 25.3 Å². The van der Waals surface area contributed by atoms with Crippen LogP contribution < -0.4 is 9.47 Å². The van der Waals surface area contributed by atoms with E-state index < -0.39 is 6.10 Å². The third kappa shape index (κ3) is 2.25. The van der Waals surface area contributed by atoms with Gasteiger partial charge in [-0.2, -0.15) is 0 Å². The smallest absolute Gasteiger partial charge is 0.164 e. The molecule has 1 unspecified atom stereocenters. The summed E-state index contributed by atoms with van der Waals surface area (Å²) in [6.07, 6.45) is 0.0996. The minimum Gasteiger partial charge on any atom is -0.493 e. The normalized spacial score (nSPS) is 12.4. The quantitative estimate of drug-likeness (QED) is 0.885. The predicted molar refractivity (Wildman–Crippen MR) is 64.6 cm³/mol. The molecule has 1 rings (SSSR count). The number of hydrogen-bond acceptors (Lipinski definition) is 3. The number of aliphatic hydroxyl groups excluding tert-OH is 1. The Balaban J connectivity index is 3.51. The summed E-state index contributed by atoms with van der Waals surface area (Å²) in [7, 11) is 3.15. The van der Waals surface area contributed by atoms with Crippen molar-refractivity contribution >= 4 is 11.6 Å². The van der Waals surface area contributed by atoms with E-state index in [2.05, 4.69) is 0 Å². The zero-order valence-corrected chi connectivity index (χ0v) is 10.8. The molecule has 0 amide bonds. The standard InChI is InChI=1S/C12H17ClO3/c1-5-8-11(7(2)14)9(13)6-10(15-3)12(8)16-4/h6-7,14H,5H2,1-4H3. The molecule has 0 aliphatic carbocycles. The van der Waals surface area contributed by atoms with E-state index in [4.69, 9.17) is 21.1 Å². The molecule has 16 heavy (non-hydrogen) atoms. The van der Waals surface area contributed by atoms with Crippen LogP contribution in [-0.4, -0.2) is 19.3 Å².